The zero-order valence-corrected chi connectivity index (χ0v) is 11.1. The summed E-state index contributed by atoms with van der Waals surface area (Å²) in [6.07, 6.45) is 1.76. The molecule has 0 saturated carbocycles. The monoisotopic (exact) mass is 246 g/mol. The Kier molecular flexibility index (Phi) is 4.79. The maximum atomic E-state index is 5.48. The summed E-state index contributed by atoms with van der Waals surface area (Å²) in [6, 6.07) is 8.94. The minimum atomic E-state index is 0.564. The predicted octanol–water partition coefficient (Wildman–Crippen LogP) is 2.05. The van der Waals surface area contributed by atoms with E-state index in [0.29, 0.717) is 12.6 Å². The van der Waals surface area contributed by atoms with Crippen LogP contribution in [0.25, 0.3) is 0 Å². The van der Waals surface area contributed by atoms with E-state index in [4.69, 9.17) is 4.74 Å². The molecule has 1 heterocycles. The fourth-order valence-corrected chi connectivity index (χ4v) is 2.26. The van der Waals surface area contributed by atoms with Crippen molar-refractivity contribution in [3.8, 4) is 5.75 Å². The van der Waals surface area contributed by atoms with Gasteiger partial charge in [0.1, 0.15) is 12.4 Å². The van der Waals surface area contributed by atoms with E-state index in [1.54, 1.807) is 6.08 Å². The van der Waals surface area contributed by atoms with Gasteiger partial charge >= 0.3 is 0 Å². The van der Waals surface area contributed by atoms with Gasteiger partial charge in [0.2, 0.25) is 0 Å². The molecule has 1 saturated heterocycles. The van der Waals surface area contributed by atoms with Crippen molar-refractivity contribution in [1.82, 2.24) is 10.2 Å². The fourth-order valence-electron chi connectivity index (χ4n) is 2.26. The molecule has 1 atom stereocenters. The van der Waals surface area contributed by atoms with Crippen molar-refractivity contribution in [2.75, 3.05) is 26.2 Å². The maximum absolute atomic E-state index is 5.48. The maximum Gasteiger partial charge on any atom is 0.119 e. The van der Waals surface area contributed by atoms with Crippen LogP contribution < -0.4 is 10.1 Å². The molecule has 1 N–H and O–H groups in total. The molecule has 3 heteroatoms. The summed E-state index contributed by atoms with van der Waals surface area (Å²) in [6.45, 7) is 10.8. The van der Waals surface area contributed by atoms with Gasteiger partial charge in [-0.05, 0) is 24.6 Å². The lowest BCUT2D eigenvalue weighted by Gasteiger charge is -2.31. The zero-order valence-electron chi connectivity index (χ0n) is 11.1. The van der Waals surface area contributed by atoms with Crippen LogP contribution in [0.1, 0.15) is 12.5 Å². The quantitative estimate of drug-likeness (QED) is 0.805. The summed E-state index contributed by atoms with van der Waals surface area (Å²) in [7, 11) is 0. The molecule has 1 aromatic rings. The molecule has 0 bridgehead atoms. The molecule has 1 aliphatic heterocycles. The van der Waals surface area contributed by atoms with E-state index in [0.717, 1.165) is 31.9 Å². The van der Waals surface area contributed by atoms with E-state index in [-0.39, 0.29) is 0 Å². The van der Waals surface area contributed by atoms with E-state index in [1.807, 2.05) is 12.1 Å². The van der Waals surface area contributed by atoms with Crippen molar-refractivity contribution in [3.05, 3.63) is 42.5 Å². The first-order valence-electron chi connectivity index (χ1n) is 6.56. The van der Waals surface area contributed by atoms with Crippen LogP contribution in [0.2, 0.25) is 0 Å². The minimum Gasteiger partial charge on any atom is -0.490 e. The van der Waals surface area contributed by atoms with Gasteiger partial charge in [-0.1, -0.05) is 24.8 Å². The van der Waals surface area contributed by atoms with Crippen LogP contribution in [0.4, 0.5) is 0 Å². The molecule has 1 aromatic carbocycles. The lowest BCUT2D eigenvalue weighted by atomic mass is 10.1. The molecule has 98 valence electrons. The molecule has 0 aliphatic carbocycles. The van der Waals surface area contributed by atoms with E-state index < -0.39 is 0 Å². The van der Waals surface area contributed by atoms with Gasteiger partial charge in [-0.2, -0.15) is 0 Å². The van der Waals surface area contributed by atoms with Crippen LogP contribution in [-0.2, 0) is 6.54 Å². The van der Waals surface area contributed by atoms with Crippen LogP contribution in [-0.4, -0.2) is 37.2 Å². The fraction of sp³-hybridized carbons (Fsp3) is 0.467. The third-order valence-electron chi connectivity index (χ3n) is 3.15. The Morgan fingerprint density at radius 3 is 2.89 bits per heavy atom. The highest BCUT2D eigenvalue weighted by Crippen LogP contribution is 2.14. The smallest absolute Gasteiger partial charge is 0.119 e. The van der Waals surface area contributed by atoms with Gasteiger partial charge in [-0.15, -0.1) is 0 Å². The summed E-state index contributed by atoms with van der Waals surface area (Å²) >= 11 is 0. The molecule has 1 aliphatic rings. The number of hydrogen-bond acceptors (Lipinski definition) is 3. The van der Waals surface area contributed by atoms with Gasteiger partial charge in [0, 0.05) is 32.2 Å². The lowest BCUT2D eigenvalue weighted by Crippen LogP contribution is -2.48. The van der Waals surface area contributed by atoms with Crippen molar-refractivity contribution < 1.29 is 4.74 Å². The number of nitrogens with one attached hydrogen (secondary N) is 1. The highest BCUT2D eigenvalue weighted by atomic mass is 16.5. The Balaban J connectivity index is 1.87. The van der Waals surface area contributed by atoms with Gasteiger partial charge < -0.3 is 10.1 Å². The number of hydrogen-bond donors (Lipinski definition) is 1. The normalized spacial score (nSPS) is 20.6. The topological polar surface area (TPSA) is 24.5 Å². The summed E-state index contributed by atoms with van der Waals surface area (Å²) in [5, 5.41) is 3.46. The van der Waals surface area contributed by atoms with Gasteiger partial charge in [0.15, 0.2) is 0 Å². The lowest BCUT2D eigenvalue weighted by molar-refractivity contribution is 0.199. The van der Waals surface area contributed by atoms with Gasteiger partial charge in [0.05, 0.1) is 0 Å². The molecule has 0 spiro atoms. The highest BCUT2D eigenvalue weighted by molar-refractivity contribution is 5.27. The highest BCUT2D eigenvalue weighted by Gasteiger charge is 2.15. The number of nitrogens with zero attached hydrogens (tertiary/aromatic N) is 1. The third kappa shape index (κ3) is 3.86. The van der Waals surface area contributed by atoms with E-state index in [2.05, 4.69) is 35.9 Å². The van der Waals surface area contributed by atoms with Crippen LogP contribution in [0.5, 0.6) is 5.75 Å². The molecule has 0 unspecified atom stereocenters. The van der Waals surface area contributed by atoms with Gasteiger partial charge in [0.25, 0.3) is 0 Å². The first-order valence-corrected chi connectivity index (χ1v) is 6.56. The molecule has 3 nitrogen and oxygen atoms in total. The molecule has 0 amide bonds. The Morgan fingerprint density at radius 1 is 1.44 bits per heavy atom. The Hall–Kier alpha value is -1.32. The molecule has 18 heavy (non-hydrogen) atoms. The van der Waals surface area contributed by atoms with Crippen molar-refractivity contribution in [1.29, 1.82) is 0 Å². The first-order chi connectivity index (χ1) is 8.78. The average Bonchev–Trinajstić information content (AvgIpc) is 2.38. The Morgan fingerprint density at radius 2 is 2.22 bits per heavy atom. The SMILES string of the molecule is C=CCOc1ccc(CN2CCN[C@H](C)C2)cc1. The predicted molar refractivity (Wildman–Crippen MR) is 74.9 cm³/mol. The van der Waals surface area contributed by atoms with Gasteiger partial charge in [-0.3, -0.25) is 4.90 Å². The van der Waals surface area contributed by atoms with Crippen molar-refractivity contribution >= 4 is 0 Å². The molecule has 0 radical (unpaired) electrons. The first kappa shape index (κ1) is 13.1. The second kappa shape index (κ2) is 6.57. The molecule has 0 aromatic heterocycles. The molecule has 1 fully saturated rings. The van der Waals surface area contributed by atoms with Crippen molar-refractivity contribution in [2.24, 2.45) is 0 Å². The average molecular weight is 246 g/mol. The van der Waals surface area contributed by atoms with Crippen LogP contribution in [0.3, 0.4) is 0 Å². The number of piperazine rings is 1. The summed E-state index contributed by atoms with van der Waals surface area (Å²) < 4.78 is 5.48. The number of benzene rings is 1. The largest absolute Gasteiger partial charge is 0.490 e. The third-order valence-corrected chi connectivity index (χ3v) is 3.15. The minimum absolute atomic E-state index is 0.564. The number of ether oxygens (including phenoxy) is 1. The zero-order chi connectivity index (χ0) is 12.8. The van der Waals surface area contributed by atoms with E-state index in [9.17, 15) is 0 Å². The van der Waals surface area contributed by atoms with Crippen molar-refractivity contribution in [2.45, 2.75) is 19.5 Å². The van der Waals surface area contributed by atoms with E-state index in [1.165, 1.54) is 5.56 Å². The van der Waals surface area contributed by atoms with Gasteiger partial charge in [-0.25, -0.2) is 0 Å². The number of rotatable bonds is 5. The summed E-state index contributed by atoms with van der Waals surface area (Å²) in [4.78, 5) is 2.49. The van der Waals surface area contributed by atoms with Crippen LogP contribution >= 0.6 is 0 Å². The Labute approximate surface area is 109 Å². The second-order valence-corrected chi connectivity index (χ2v) is 4.83. The van der Waals surface area contributed by atoms with Crippen molar-refractivity contribution in [3.63, 3.8) is 0 Å². The second-order valence-electron chi connectivity index (χ2n) is 4.83. The molecule has 2 rings (SSSR count). The summed E-state index contributed by atoms with van der Waals surface area (Å²) in [5.74, 6) is 0.910. The molecular weight excluding hydrogens is 224 g/mol. The van der Waals surface area contributed by atoms with Crippen LogP contribution in [0.15, 0.2) is 36.9 Å². The standard InChI is InChI=1S/C15H22N2O/c1-3-10-18-15-6-4-14(5-7-15)12-17-9-8-16-13(2)11-17/h3-7,13,16H,1,8-12H2,2H3/t13-/m1/s1. The Bertz CT molecular complexity index is 375. The van der Waals surface area contributed by atoms with E-state index >= 15 is 0 Å². The van der Waals surface area contributed by atoms with Crippen LogP contribution in [0, 0.1) is 0 Å². The summed E-state index contributed by atoms with van der Waals surface area (Å²) in [5.41, 5.74) is 1.34. The molecular formula is C15H22N2O.